The summed E-state index contributed by atoms with van der Waals surface area (Å²) in [5.74, 6) is -0.987. The van der Waals surface area contributed by atoms with Gasteiger partial charge < -0.3 is 10.1 Å². The Morgan fingerprint density at radius 1 is 1.08 bits per heavy atom. The quantitative estimate of drug-likeness (QED) is 0.682. The summed E-state index contributed by atoms with van der Waals surface area (Å²) in [6.45, 7) is 1.48. The van der Waals surface area contributed by atoms with Crippen LogP contribution >= 0.6 is 34.8 Å². The normalized spacial score (nSPS) is 11.7. The molecule has 132 valence electrons. The SMILES string of the molecule is C[C@@H](OC(=O)CCc1ccccc1)C(=O)Nc1c(Cl)cc(Cl)cc1Cl. The van der Waals surface area contributed by atoms with Gasteiger partial charge in [-0.25, -0.2) is 0 Å². The molecule has 0 bridgehead atoms. The van der Waals surface area contributed by atoms with Crippen molar-refractivity contribution >= 4 is 52.4 Å². The molecule has 0 unspecified atom stereocenters. The first-order valence-electron chi connectivity index (χ1n) is 7.55. The first-order chi connectivity index (χ1) is 11.9. The number of amides is 1. The number of hydrogen-bond donors (Lipinski definition) is 1. The van der Waals surface area contributed by atoms with Gasteiger partial charge in [-0.1, -0.05) is 65.1 Å². The lowest BCUT2D eigenvalue weighted by Gasteiger charge is -2.15. The fraction of sp³-hybridized carbons (Fsp3) is 0.222. The van der Waals surface area contributed by atoms with E-state index in [4.69, 9.17) is 39.5 Å². The Balaban J connectivity index is 1.89. The average Bonchev–Trinajstić information content (AvgIpc) is 2.57. The van der Waals surface area contributed by atoms with E-state index in [1.54, 1.807) is 0 Å². The van der Waals surface area contributed by atoms with Gasteiger partial charge in [0.2, 0.25) is 0 Å². The molecule has 0 aliphatic heterocycles. The van der Waals surface area contributed by atoms with Crippen molar-refractivity contribution in [3.05, 3.63) is 63.1 Å². The van der Waals surface area contributed by atoms with Crippen molar-refractivity contribution < 1.29 is 14.3 Å². The maximum Gasteiger partial charge on any atom is 0.306 e. The lowest BCUT2D eigenvalue weighted by Crippen LogP contribution is -2.30. The number of anilines is 1. The molecule has 25 heavy (non-hydrogen) atoms. The minimum Gasteiger partial charge on any atom is -0.453 e. The third-order valence-corrected chi connectivity index (χ3v) is 4.21. The highest BCUT2D eigenvalue weighted by Crippen LogP contribution is 2.33. The van der Waals surface area contributed by atoms with E-state index in [9.17, 15) is 9.59 Å². The molecule has 1 amide bonds. The van der Waals surface area contributed by atoms with Crippen molar-refractivity contribution in [3.63, 3.8) is 0 Å². The molecule has 0 fully saturated rings. The van der Waals surface area contributed by atoms with Gasteiger partial charge in [0, 0.05) is 11.4 Å². The fourth-order valence-corrected chi connectivity index (χ4v) is 3.00. The van der Waals surface area contributed by atoms with Crippen LogP contribution in [0.15, 0.2) is 42.5 Å². The van der Waals surface area contributed by atoms with Gasteiger partial charge in [-0.2, -0.15) is 0 Å². The maximum atomic E-state index is 12.2. The van der Waals surface area contributed by atoms with Gasteiger partial charge >= 0.3 is 5.97 Å². The van der Waals surface area contributed by atoms with E-state index in [-0.39, 0.29) is 22.2 Å². The Bertz CT molecular complexity index is 742. The van der Waals surface area contributed by atoms with Crippen LogP contribution in [0.4, 0.5) is 5.69 Å². The molecule has 0 spiro atoms. The van der Waals surface area contributed by atoms with E-state index in [1.807, 2.05) is 30.3 Å². The molecule has 0 aliphatic carbocycles. The highest BCUT2D eigenvalue weighted by molar-refractivity contribution is 6.42. The molecule has 1 N–H and O–H groups in total. The molecule has 2 aromatic carbocycles. The second-order valence-corrected chi connectivity index (χ2v) is 6.60. The lowest BCUT2D eigenvalue weighted by molar-refractivity contribution is -0.153. The summed E-state index contributed by atoms with van der Waals surface area (Å²) in [7, 11) is 0. The molecule has 0 radical (unpaired) electrons. The number of ether oxygens (including phenoxy) is 1. The molecule has 0 aliphatic rings. The van der Waals surface area contributed by atoms with Gasteiger partial charge in [0.1, 0.15) is 0 Å². The molecular weight excluding hydrogens is 385 g/mol. The molecule has 0 heterocycles. The van der Waals surface area contributed by atoms with Crippen LogP contribution < -0.4 is 5.32 Å². The fourth-order valence-electron chi connectivity index (χ4n) is 2.09. The zero-order valence-corrected chi connectivity index (χ0v) is 15.7. The predicted octanol–water partition coefficient (Wildman–Crippen LogP) is 5.15. The topological polar surface area (TPSA) is 55.4 Å². The number of carbonyl (C=O) groups excluding carboxylic acids is 2. The van der Waals surface area contributed by atoms with Crippen LogP contribution in [-0.2, 0) is 20.7 Å². The molecule has 2 rings (SSSR count). The first-order valence-corrected chi connectivity index (χ1v) is 8.69. The maximum absolute atomic E-state index is 12.2. The predicted molar refractivity (Wildman–Crippen MR) is 100 cm³/mol. The Labute approximate surface area is 161 Å². The Kier molecular flexibility index (Phi) is 7.12. The van der Waals surface area contributed by atoms with Crippen LogP contribution in [-0.4, -0.2) is 18.0 Å². The molecule has 0 saturated carbocycles. The average molecular weight is 401 g/mol. The Hall–Kier alpha value is -1.75. The monoisotopic (exact) mass is 399 g/mol. The lowest BCUT2D eigenvalue weighted by atomic mass is 10.1. The van der Waals surface area contributed by atoms with Gasteiger partial charge in [-0.15, -0.1) is 0 Å². The summed E-state index contributed by atoms with van der Waals surface area (Å²) in [6, 6.07) is 12.5. The third-order valence-electron chi connectivity index (χ3n) is 3.39. The molecule has 4 nitrogen and oxygen atoms in total. The van der Waals surface area contributed by atoms with Gasteiger partial charge in [0.25, 0.3) is 5.91 Å². The molecule has 7 heteroatoms. The molecule has 0 saturated heterocycles. The Morgan fingerprint density at radius 3 is 2.28 bits per heavy atom. The van der Waals surface area contributed by atoms with E-state index in [2.05, 4.69) is 5.32 Å². The summed E-state index contributed by atoms with van der Waals surface area (Å²) < 4.78 is 5.15. The molecular formula is C18H16Cl3NO3. The van der Waals surface area contributed by atoms with Crippen molar-refractivity contribution in [1.29, 1.82) is 0 Å². The van der Waals surface area contributed by atoms with Crippen molar-refractivity contribution in [2.75, 3.05) is 5.32 Å². The van der Waals surface area contributed by atoms with Gasteiger partial charge in [0.15, 0.2) is 6.10 Å². The highest BCUT2D eigenvalue weighted by atomic mass is 35.5. The van der Waals surface area contributed by atoms with Crippen molar-refractivity contribution in [3.8, 4) is 0 Å². The zero-order chi connectivity index (χ0) is 18.4. The number of esters is 1. The molecule has 1 atom stereocenters. The molecule has 0 aromatic heterocycles. The minimum absolute atomic E-state index is 0.185. The van der Waals surface area contributed by atoms with E-state index in [0.29, 0.717) is 11.4 Å². The summed E-state index contributed by atoms with van der Waals surface area (Å²) in [5, 5.41) is 3.31. The van der Waals surface area contributed by atoms with Crippen LogP contribution in [0.2, 0.25) is 15.1 Å². The van der Waals surface area contributed by atoms with Crippen molar-refractivity contribution in [1.82, 2.24) is 0 Å². The zero-order valence-electron chi connectivity index (χ0n) is 13.4. The minimum atomic E-state index is -0.980. The number of halogens is 3. The summed E-state index contributed by atoms with van der Waals surface area (Å²) in [5.41, 5.74) is 1.25. The smallest absolute Gasteiger partial charge is 0.306 e. The van der Waals surface area contributed by atoms with E-state index in [1.165, 1.54) is 19.1 Å². The second-order valence-electron chi connectivity index (χ2n) is 5.35. The number of rotatable bonds is 6. The third kappa shape index (κ3) is 5.92. The second kappa shape index (κ2) is 9.09. The molecule has 2 aromatic rings. The standard InChI is InChI=1S/C18H16Cl3NO3/c1-11(25-16(23)8-7-12-5-3-2-4-6-12)18(24)22-17-14(20)9-13(19)10-15(17)21/h2-6,9-11H,7-8H2,1H3,(H,22,24)/t11-/m1/s1. The summed E-state index contributed by atoms with van der Waals surface area (Å²) >= 11 is 17.9. The van der Waals surface area contributed by atoms with Gasteiger partial charge in [0.05, 0.1) is 15.7 Å². The van der Waals surface area contributed by atoms with Crippen LogP contribution in [0, 0.1) is 0 Å². The van der Waals surface area contributed by atoms with Crippen LogP contribution in [0.3, 0.4) is 0 Å². The first kappa shape index (κ1) is 19.6. The van der Waals surface area contributed by atoms with Crippen LogP contribution in [0.25, 0.3) is 0 Å². The van der Waals surface area contributed by atoms with E-state index in [0.717, 1.165) is 5.56 Å². The van der Waals surface area contributed by atoms with E-state index < -0.39 is 18.0 Å². The van der Waals surface area contributed by atoms with E-state index >= 15 is 0 Å². The number of carbonyl (C=O) groups is 2. The highest BCUT2D eigenvalue weighted by Gasteiger charge is 2.20. The number of benzene rings is 2. The van der Waals surface area contributed by atoms with Crippen molar-refractivity contribution in [2.45, 2.75) is 25.9 Å². The van der Waals surface area contributed by atoms with Crippen LogP contribution in [0.1, 0.15) is 18.9 Å². The van der Waals surface area contributed by atoms with Gasteiger partial charge in [-0.05, 0) is 31.0 Å². The summed E-state index contributed by atoms with van der Waals surface area (Å²) in [4.78, 5) is 24.1. The summed E-state index contributed by atoms with van der Waals surface area (Å²) in [6.07, 6.45) is -0.251. The largest absolute Gasteiger partial charge is 0.453 e. The van der Waals surface area contributed by atoms with Gasteiger partial charge in [-0.3, -0.25) is 9.59 Å². The number of nitrogens with one attached hydrogen (secondary N) is 1. The van der Waals surface area contributed by atoms with Crippen molar-refractivity contribution in [2.24, 2.45) is 0 Å². The Morgan fingerprint density at radius 2 is 1.68 bits per heavy atom. The number of hydrogen-bond acceptors (Lipinski definition) is 3. The van der Waals surface area contributed by atoms with Crippen LogP contribution in [0.5, 0.6) is 0 Å². The number of aryl methyl sites for hydroxylation is 1.